The minimum atomic E-state index is -0.367. The van der Waals surface area contributed by atoms with Crippen LogP contribution in [0.3, 0.4) is 0 Å². The van der Waals surface area contributed by atoms with Crippen LogP contribution in [0.15, 0.2) is 0 Å². The lowest BCUT2D eigenvalue weighted by molar-refractivity contribution is -0.122. The summed E-state index contributed by atoms with van der Waals surface area (Å²) >= 11 is 0. The normalized spacial score (nSPS) is 10.6. The molecule has 0 unspecified atom stereocenters. The first-order chi connectivity index (χ1) is 11.6. The van der Waals surface area contributed by atoms with E-state index in [1.54, 1.807) is 0 Å². The smallest absolute Gasteiger partial charge is 0.220 e. The molecule has 0 aliphatic carbocycles. The van der Waals surface area contributed by atoms with E-state index in [9.17, 15) is 9.59 Å². The Balaban J connectivity index is -0.000000561. The number of Topliss-reactive ketones (excluding diaryl/α,β-unsaturated/α-hetero) is 1. The topological polar surface area (TPSA) is 114 Å². The SMILES string of the molecule is CC(=O)CCCC(=O)NCCOC(C)(C)CCO.CC(C)CCNN.S. The summed E-state index contributed by atoms with van der Waals surface area (Å²) in [6.45, 7) is 11.6. The zero-order valence-electron chi connectivity index (χ0n) is 17.2. The van der Waals surface area contributed by atoms with Crippen LogP contribution in [0.1, 0.15) is 66.7 Å². The Labute approximate surface area is 166 Å². The van der Waals surface area contributed by atoms with Crippen LogP contribution in [-0.4, -0.2) is 48.7 Å². The Morgan fingerprint density at radius 3 is 2.23 bits per heavy atom. The molecule has 0 aromatic rings. The van der Waals surface area contributed by atoms with E-state index in [1.807, 2.05) is 13.8 Å². The maximum Gasteiger partial charge on any atom is 0.220 e. The molecular weight excluding hydrogens is 354 g/mol. The lowest BCUT2D eigenvalue weighted by atomic mass is 10.1. The van der Waals surface area contributed by atoms with Gasteiger partial charge >= 0.3 is 0 Å². The van der Waals surface area contributed by atoms with E-state index in [0.29, 0.717) is 38.8 Å². The van der Waals surface area contributed by atoms with Gasteiger partial charge in [-0.25, -0.2) is 0 Å². The van der Waals surface area contributed by atoms with Gasteiger partial charge in [0.2, 0.25) is 5.91 Å². The Kier molecular flexibility index (Phi) is 22.1. The Bertz CT molecular complexity index is 353. The number of ketones is 1. The summed E-state index contributed by atoms with van der Waals surface area (Å²) in [6, 6.07) is 0. The molecule has 158 valence electrons. The molecule has 0 radical (unpaired) electrons. The molecule has 0 saturated carbocycles. The van der Waals surface area contributed by atoms with E-state index < -0.39 is 0 Å². The van der Waals surface area contributed by atoms with Gasteiger partial charge in [-0.3, -0.25) is 16.1 Å². The molecule has 0 bridgehead atoms. The third-order valence-corrected chi connectivity index (χ3v) is 3.43. The molecular formula is C18H41N3O4S. The third-order valence-electron chi connectivity index (χ3n) is 3.43. The summed E-state index contributed by atoms with van der Waals surface area (Å²) < 4.78 is 5.53. The molecule has 8 heteroatoms. The van der Waals surface area contributed by atoms with Crippen molar-refractivity contribution in [2.24, 2.45) is 11.8 Å². The molecule has 0 atom stereocenters. The van der Waals surface area contributed by atoms with Crippen molar-refractivity contribution < 1.29 is 19.4 Å². The maximum atomic E-state index is 11.4. The molecule has 0 fully saturated rings. The molecule has 0 aromatic heterocycles. The fourth-order valence-corrected chi connectivity index (χ4v) is 1.82. The second-order valence-corrected chi connectivity index (χ2v) is 7.12. The molecule has 5 N–H and O–H groups in total. The van der Waals surface area contributed by atoms with Gasteiger partial charge in [0.1, 0.15) is 5.78 Å². The van der Waals surface area contributed by atoms with Crippen molar-refractivity contribution in [2.75, 3.05) is 26.3 Å². The van der Waals surface area contributed by atoms with Crippen molar-refractivity contribution in [1.82, 2.24) is 10.7 Å². The standard InChI is InChI=1S/C13H25NO4.C5H14N2.H2S/c1-11(16)5-4-6-12(17)14-8-10-18-13(2,3)7-9-15;1-5(2)3-4-7-6;/h15H,4-10H2,1-3H3,(H,14,17);5,7H,3-4,6H2,1-2H3;1H2. The Morgan fingerprint density at radius 2 is 1.81 bits per heavy atom. The summed E-state index contributed by atoms with van der Waals surface area (Å²) in [7, 11) is 0. The predicted molar refractivity (Wildman–Crippen MR) is 111 cm³/mol. The quantitative estimate of drug-likeness (QED) is 0.214. The number of nitrogens with two attached hydrogens (primary N) is 1. The Hall–Kier alpha value is -0.670. The van der Waals surface area contributed by atoms with Crippen LogP contribution < -0.4 is 16.6 Å². The number of nitrogens with one attached hydrogen (secondary N) is 2. The number of amides is 1. The molecule has 26 heavy (non-hydrogen) atoms. The van der Waals surface area contributed by atoms with Gasteiger partial charge in [0, 0.05) is 32.5 Å². The number of aliphatic hydroxyl groups excluding tert-OH is 1. The number of carbonyl (C=O) groups is 2. The summed E-state index contributed by atoms with van der Waals surface area (Å²) in [4.78, 5) is 22.0. The Morgan fingerprint density at radius 1 is 1.19 bits per heavy atom. The molecule has 0 saturated heterocycles. The van der Waals surface area contributed by atoms with Crippen LogP contribution >= 0.6 is 13.5 Å². The largest absolute Gasteiger partial charge is 0.396 e. The number of hydrogen-bond acceptors (Lipinski definition) is 6. The van der Waals surface area contributed by atoms with E-state index in [1.165, 1.54) is 6.92 Å². The first-order valence-electron chi connectivity index (χ1n) is 9.09. The summed E-state index contributed by atoms with van der Waals surface area (Å²) in [5.41, 5.74) is 2.23. The molecule has 0 aliphatic rings. The van der Waals surface area contributed by atoms with Gasteiger partial charge in [0.25, 0.3) is 0 Å². The summed E-state index contributed by atoms with van der Waals surface area (Å²) in [6.07, 6.45) is 3.15. The van der Waals surface area contributed by atoms with Crippen LogP contribution in [0.2, 0.25) is 0 Å². The molecule has 0 spiro atoms. The number of carbonyl (C=O) groups excluding carboxylic acids is 2. The number of hydrogen-bond donors (Lipinski definition) is 4. The van der Waals surface area contributed by atoms with Crippen molar-refractivity contribution >= 4 is 25.2 Å². The van der Waals surface area contributed by atoms with E-state index in [2.05, 4.69) is 24.6 Å². The maximum absolute atomic E-state index is 11.4. The van der Waals surface area contributed by atoms with Crippen LogP contribution in [0.4, 0.5) is 0 Å². The zero-order chi connectivity index (χ0) is 19.7. The average molecular weight is 396 g/mol. The highest BCUT2D eigenvalue weighted by Crippen LogP contribution is 2.12. The molecule has 0 aliphatic heterocycles. The highest BCUT2D eigenvalue weighted by molar-refractivity contribution is 7.59. The fourth-order valence-electron chi connectivity index (χ4n) is 1.82. The summed E-state index contributed by atoms with van der Waals surface area (Å²) in [5.74, 6) is 5.84. The second-order valence-electron chi connectivity index (χ2n) is 7.12. The minimum absolute atomic E-state index is 0. The molecule has 7 nitrogen and oxygen atoms in total. The van der Waals surface area contributed by atoms with E-state index >= 15 is 0 Å². The lowest BCUT2D eigenvalue weighted by Crippen LogP contribution is -2.32. The highest BCUT2D eigenvalue weighted by Gasteiger charge is 2.16. The van der Waals surface area contributed by atoms with Crippen molar-refractivity contribution in [1.29, 1.82) is 0 Å². The van der Waals surface area contributed by atoms with Gasteiger partial charge in [-0.2, -0.15) is 13.5 Å². The predicted octanol–water partition coefficient (Wildman–Crippen LogP) is 1.65. The average Bonchev–Trinajstić information content (AvgIpc) is 2.49. The van der Waals surface area contributed by atoms with Crippen molar-refractivity contribution in [3.8, 4) is 0 Å². The minimum Gasteiger partial charge on any atom is -0.396 e. The molecule has 0 heterocycles. The van der Waals surface area contributed by atoms with Crippen LogP contribution in [0, 0.1) is 5.92 Å². The van der Waals surface area contributed by atoms with E-state index in [4.69, 9.17) is 15.7 Å². The van der Waals surface area contributed by atoms with Gasteiger partial charge in [0.05, 0.1) is 12.2 Å². The number of aliphatic hydroxyl groups is 1. The molecule has 0 aromatic carbocycles. The van der Waals surface area contributed by atoms with E-state index in [0.717, 1.165) is 18.9 Å². The third kappa shape index (κ3) is 25.6. The van der Waals surface area contributed by atoms with Crippen LogP contribution in [0.25, 0.3) is 0 Å². The number of rotatable bonds is 13. The van der Waals surface area contributed by atoms with Crippen molar-refractivity contribution in [3.05, 3.63) is 0 Å². The van der Waals surface area contributed by atoms with E-state index in [-0.39, 0.29) is 37.4 Å². The van der Waals surface area contributed by atoms with Gasteiger partial charge in [-0.05, 0) is 46.0 Å². The van der Waals surface area contributed by atoms with Crippen LogP contribution in [-0.2, 0) is 14.3 Å². The number of ether oxygens (including phenoxy) is 1. The fraction of sp³-hybridized carbons (Fsp3) is 0.889. The van der Waals surface area contributed by atoms with Crippen LogP contribution in [0.5, 0.6) is 0 Å². The lowest BCUT2D eigenvalue weighted by Gasteiger charge is -2.24. The number of hydrazine groups is 1. The van der Waals surface area contributed by atoms with Gasteiger partial charge < -0.3 is 20.0 Å². The van der Waals surface area contributed by atoms with Gasteiger partial charge in [-0.1, -0.05) is 13.8 Å². The monoisotopic (exact) mass is 395 g/mol. The van der Waals surface area contributed by atoms with Crippen molar-refractivity contribution in [3.63, 3.8) is 0 Å². The zero-order valence-corrected chi connectivity index (χ0v) is 18.2. The second kappa shape index (κ2) is 19.1. The van der Waals surface area contributed by atoms with Crippen molar-refractivity contribution in [2.45, 2.75) is 72.3 Å². The molecule has 0 rings (SSSR count). The van der Waals surface area contributed by atoms with Gasteiger partial charge in [0.15, 0.2) is 0 Å². The first kappa shape index (κ1) is 30.1. The molecule has 1 amide bonds. The first-order valence-corrected chi connectivity index (χ1v) is 9.09. The highest BCUT2D eigenvalue weighted by atomic mass is 32.1. The van der Waals surface area contributed by atoms with Gasteiger partial charge in [-0.15, -0.1) is 0 Å². The summed E-state index contributed by atoms with van der Waals surface area (Å²) in [5, 5.41) is 11.5.